The zero-order valence-corrected chi connectivity index (χ0v) is 31.8. The molecule has 0 saturated heterocycles. The number of fused-ring (bicyclic) bond motifs is 9. The minimum atomic E-state index is -0.455. The van der Waals surface area contributed by atoms with E-state index in [0.29, 0.717) is 43.8 Å². The third-order valence-corrected chi connectivity index (χ3v) is 10.9. The minimum absolute atomic E-state index is 0.00939. The summed E-state index contributed by atoms with van der Waals surface area (Å²) in [5, 5.41) is 23.3. The van der Waals surface area contributed by atoms with E-state index in [0.717, 1.165) is 59.6 Å². The average molecular weight is 727 g/mol. The first-order valence-electron chi connectivity index (χ1n) is 19.7. The van der Waals surface area contributed by atoms with Crippen molar-refractivity contribution in [3.05, 3.63) is 125 Å². The van der Waals surface area contributed by atoms with E-state index in [1.165, 1.54) is 30.4 Å². The first-order valence-corrected chi connectivity index (χ1v) is 19.7. The van der Waals surface area contributed by atoms with Gasteiger partial charge in [-0.25, -0.2) is 0 Å². The first-order chi connectivity index (χ1) is 26.4. The smallest absolute Gasteiger partial charge is 0.161 e. The van der Waals surface area contributed by atoms with E-state index in [2.05, 4.69) is 55.4 Å². The monoisotopic (exact) mass is 726 g/mol. The molecule has 6 bridgehead atoms. The lowest BCUT2D eigenvalue weighted by Gasteiger charge is -2.28. The summed E-state index contributed by atoms with van der Waals surface area (Å²) in [5.41, 5.74) is 5.63. The van der Waals surface area contributed by atoms with Crippen LogP contribution in [0.5, 0.6) is 17.2 Å². The number of unbranched alkanes of at least 4 members (excludes halogenated alkanes) is 3. The number of allylic oxidation sites excluding steroid dienone is 3. The number of ketones is 1. The summed E-state index contributed by atoms with van der Waals surface area (Å²) in [5.74, 6) is 5.13. The van der Waals surface area contributed by atoms with Crippen LogP contribution in [0.1, 0.15) is 92.5 Å². The van der Waals surface area contributed by atoms with Gasteiger partial charge in [0.25, 0.3) is 0 Å². The summed E-state index contributed by atoms with van der Waals surface area (Å²) >= 11 is 0. The third kappa shape index (κ3) is 10.5. The maximum absolute atomic E-state index is 13.5. The van der Waals surface area contributed by atoms with Crippen molar-refractivity contribution in [1.29, 1.82) is 0 Å². The van der Waals surface area contributed by atoms with Gasteiger partial charge in [-0.3, -0.25) is 4.79 Å². The Labute approximate surface area is 320 Å². The van der Waals surface area contributed by atoms with Gasteiger partial charge in [0.05, 0.1) is 7.11 Å². The lowest BCUT2D eigenvalue weighted by molar-refractivity contribution is -0.121. The number of phenols is 1. The molecule has 6 heteroatoms. The second-order valence-corrected chi connectivity index (χ2v) is 14.8. The van der Waals surface area contributed by atoms with Gasteiger partial charge in [-0.1, -0.05) is 86.7 Å². The van der Waals surface area contributed by atoms with Crippen LogP contribution in [0.3, 0.4) is 0 Å². The predicted octanol–water partition coefficient (Wildman–Crippen LogP) is 10.7. The number of Topliss-reactive ketones (excluding diaryl/α,β-unsaturated/α-hetero) is 1. The van der Waals surface area contributed by atoms with Crippen LogP contribution in [0.4, 0.5) is 0 Å². The number of carbonyl (C=O) groups excluding carboxylic acids is 1. The van der Waals surface area contributed by atoms with E-state index in [9.17, 15) is 15.0 Å². The second-order valence-electron chi connectivity index (χ2n) is 14.8. The highest BCUT2D eigenvalue weighted by molar-refractivity contribution is 5.88. The molecule has 0 spiro atoms. The van der Waals surface area contributed by atoms with Gasteiger partial charge in [0, 0.05) is 24.8 Å². The van der Waals surface area contributed by atoms with Gasteiger partial charge >= 0.3 is 0 Å². The largest absolute Gasteiger partial charge is 0.508 e. The van der Waals surface area contributed by atoms with Gasteiger partial charge in [0.1, 0.15) is 36.1 Å². The number of aromatic hydroxyl groups is 1. The number of phenolic OH excluding ortho intramolecular Hbond substituents is 1. The molecule has 0 aromatic heterocycles. The van der Waals surface area contributed by atoms with Gasteiger partial charge < -0.3 is 24.4 Å². The summed E-state index contributed by atoms with van der Waals surface area (Å²) in [6, 6.07) is 24.3. The fourth-order valence-corrected chi connectivity index (χ4v) is 7.85. The van der Waals surface area contributed by atoms with Crippen LogP contribution in [0.15, 0.2) is 96.8 Å². The molecule has 3 atom stereocenters. The number of benzene rings is 4. The van der Waals surface area contributed by atoms with Crippen molar-refractivity contribution in [2.24, 2.45) is 11.8 Å². The number of hydrogen-bond acceptors (Lipinski definition) is 6. The molecule has 282 valence electrons. The van der Waals surface area contributed by atoms with Crippen molar-refractivity contribution in [3.63, 3.8) is 0 Å². The molecule has 2 N–H and O–H groups in total. The van der Waals surface area contributed by atoms with Gasteiger partial charge in [0.15, 0.2) is 11.5 Å². The van der Waals surface area contributed by atoms with E-state index in [4.69, 9.17) is 14.2 Å². The Bertz CT molecular complexity index is 2010. The Kier molecular flexibility index (Phi) is 13.8. The molecule has 0 fully saturated rings. The van der Waals surface area contributed by atoms with Crippen LogP contribution in [-0.2, 0) is 41.8 Å². The lowest BCUT2D eigenvalue weighted by atomic mass is 9.80. The summed E-state index contributed by atoms with van der Waals surface area (Å²) in [4.78, 5) is 13.5. The van der Waals surface area contributed by atoms with Crippen LogP contribution in [0, 0.1) is 23.9 Å². The highest BCUT2D eigenvalue weighted by atomic mass is 16.5. The standard InChI is InChI=1S/C48H54O6/c1-3-4-5-11-36-12-6-7-13-37(36)14-8-9-15-38-20-23-41(49)30-40(38)31-43-32-42(50)22-17-34-19-26-47(52-2)48(29-34)54-33-35-18-24-44-39(28-35)21-25-46(51)45(44)16-10-27-53-43/h6-7,12-13,18-21,23-26,28-30,38,40,43,49,51H,3-5,8-9,11,14-17,22,31-33H2,1-2H3. The summed E-state index contributed by atoms with van der Waals surface area (Å²) in [7, 11) is 1.62. The number of carbonyl (C=O) groups is 1. The number of methoxy groups -OCH3 is 1. The van der Waals surface area contributed by atoms with E-state index in [1.54, 1.807) is 19.3 Å². The molecular weight excluding hydrogens is 673 g/mol. The van der Waals surface area contributed by atoms with Gasteiger partial charge in [0.2, 0.25) is 0 Å². The molecule has 7 rings (SSSR count). The summed E-state index contributed by atoms with van der Waals surface area (Å²) in [6.07, 6.45) is 19.4. The lowest BCUT2D eigenvalue weighted by Crippen LogP contribution is -2.24. The topological polar surface area (TPSA) is 85.2 Å². The predicted molar refractivity (Wildman–Crippen MR) is 216 cm³/mol. The van der Waals surface area contributed by atoms with E-state index >= 15 is 0 Å². The molecule has 1 aliphatic carbocycles. The molecular formula is C48H54O6. The van der Waals surface area contributed by atoms with Crippen molar-refractivity contribution in [1.82, 2.24) is 0 Å². The normalized spacial score (nSPS) is 18.8. The Balaban J connectivity index is 1.18. The van der Waals surface area contributed by atoms with Crippen molar-refractivity contribution < 1.29 is 29.2 Å². The van der Waals surface area contributed by atoms with Crippen LogP contribution < -0.4 is 9.47 Å². The maximum atomic E-state index is 13.5. The fourth-order valence-electron chi connectivity index (χ4n) is 7.85. The van der Waals surface area contributed by atoms with Gasteiger partial charge in [-0.05, 0) is 126 Å². The molecule has 0 amide bonds. The summed E-state index contributed by atoms with van der Waals surface area (Å²) in [6.45, 7) is 2.59. The quantitative estimate of drug-likeness (QED) is 0.112. The molecule has 0 saturated carbocycles. The molecule has 4 aromatic carbocycles. The fraction of sp³-hybridized carbons (Fsp3) is 0.396. The van der Waals surface area contributed by atoms with E-state index < -0.39 is 6.10 Å². The highest BCUT2D eigenvalue weighted by Gasteiger charge is 2.27. The number of aliphatic hydroxyl groups excluding tert-OH is 1. The number of ether oxygens (including phenoxy) is 3. The third-order valence-electron chi connectivity index (χ3n) is 10.9. The Hall–Kier alpha value is -5.15. The van der Waals surface area contributed by atoms with Crippen LogP contribution >= 0.6 is 0 Å². The minimum Gasteiger partial charge on any atom is -0.508 e. The zero-order chi connectivity index (χ0) is 37.7. The molecule has 54 heavy (non-hydrogen) atoms. The molecule has 2 heterocycles. The maximum Gasteiger partial charge on any atom is 0.161 e. The van der Waals surface area contributed by atoms with Crippen LogP contribution in [0.25, 0.3) is 10.8 Å². The zero-order valence-electron chi connectivity index (χ0n) is 31.8. The number of aryl methyl sites for hydroxylation is 3. The van der Waals surface area contributed by atoms with Gasteiger partial charge in [-0.2, -0.15) is 0 Å². The Morgan fingerprint density at radius 1 is 0.870 bits per heavy atom. The van der Waals surface area contributed by atoms with Crippen molar-refractivity contribution in [2.45, 2.75) is 103 Å². The highest BCUT2D eigenvalue weighted by Crippen LogP contribution is 2.34. The molecule has 4 aromatic rings. The molecule has 3 aliphatic rings. The van der Waals surface area contributed by atoms with Crippen LogP contribution in [-0.4, -0.2) is 29.2 Å². The molecule has 6 nitrogen and oxygen atoms in total. The molecule has 0 radical (unpaired) electrons. The van der Waals surface area contributed by atoms with E-state index in [-0.39, 0.29) is 35.5 Å². The average Bonchev–Trinajstić information content (AvgIpc) is 3.18. The number of hydrogen-bond donors (Lipinski definition) is 2. The SMILES string of the molecule is CCCCCc1ccccc1CCCCC1C=CC(O)=CC1CC1CC(=O)CCc2ccc(OC)c(c2)OCc2ccc3c(c(O)ccc3c2)CC#CO1. The van der Waals surface area contributed by atoms with Crippen molar-refractivity contribution in [3.8, 4) is 29.3 Å². The van der Waals surface area contributed by atoms with Crippen molar-refractivity contribution in [2.75, 3.05) is 7.11 Å². The number of aliphatic hydroxyl groups is 1. The molecule has 2 aliphatic heterocycles. The van der Waals surface area contributed by atoms with Gasteiger partial charge in [-0.15, -0.1) is 0 Å². The Morgan fingerprint density at radius 2 is 1.67 bits per heavy atom. The second kappa shape index (κ2) is 19.3. The first kappa shape index (κ1) is 38.6. The van der Waals surface area contributed by atoms with E-state index in [1.807, 2.05) is 42.5 Å². The molecule has 3 unspecified atom stereocenters. The van der Waals surface area contributed by atoms with Crippen LogP contribution in [0.2, 0.25) is 0 Å². The Morgan fingerprint density at radius 3 is 2.46 bits per heavy atom. The number of rotatable bonds is 12. The summed E-state index contributed by atoms with van der Waals surface area (Å²) < 4.78 is 18.0. The van der Waals surface area contributed by atoms with Crippen molar-refractivity contribution >= 4 is 16.6 Å².